The van der Waals surface area contributed by atoms with E-state index >= 15 is 0 Å². The number of fused-ring (bicyclic) bond motifs is 1. The van der Waals surface area contributed by atoms with Gasteiger partial charge >= 0.3 is 0 Å². The van der Waals surface area contributed by atoms with Gasteiger partial charge in [0.25, 0.3) is 5.91 Å². The number of hydrazone groups is 1. The molecule has 27 heavy (non-hydrogen) atoms. The normalized spacial score (nSPS) is 11.4. The van der Waals surface area contributed by atoms with Crippen molar-refractivity contribution in [2.75, 3.05) is 18.0 Å². The maximum absolute atomic E-state index is 12.4. The molecule has 0 aliphatic heterocycles. The van der Waals surface area contributed by atoms with Gasteiger partial charge in [-0.25, -0.2) is 5.43 Å². The van der Waals surface area contributed by atoms with Crippen LogP contribution in [0.3, 0.4) is 0 Å². The monoisotopic (exact) mass is 359 g/mol. The van der Waals surface area contributed by atoms with Gasteiger partial charge in [-0.15, -0.1) is 0 Å². The second kappa shape index (κ2) is 8.49. The Balaban J connectivity index is 1.71. The quantitative estimate of drug-likeness (QED) is 0.505. The van der Waals surface area contributed by atoms with Crippen LogP contribution in [0, 0.1) is 0 Å². The van der Waals surface area contributed by atoms with Crippen molar-refractivity contribution in [3.05, 3.63) is 77.9 Å². The molecule has 3 aromatic carbocycles. The van der Waals surface area contributed by atoms with Gasteiger partial charge in [-0.2, -0.15) is 5.10 Å². The molecule has 0 heterocycles. The Labute approximate surface area is 160 Å². The van der Waals surface area contributed by atoms with Crippen LogP contribution in [0.2, 0.25) is 0 Å². The highest BCUT2D eigenvalue weighted by atomic mass is 16.2. The van der Waals surface area contributed by atoms with Gasteiger partial charge in [-0.1, -0.05) is 36.4 Å². The zero-order chi connectivity index (χ0) is 19.2. The molecule has 0 radical (unpaired) electrons. The molecule has 1 N–H and O–H groups in total. The molecule has 1 amide bonds. The molecule has 0 aliphatic rings. The number of amides is 1. The molecule has 3 rings (SSSR count). The third-order valence-corrected chi connectivity index (χ3v) is 4.75. The minimum Gasteiger partial charge on any atom is -0.372 e. The molecular formula is C23H25N3O. The van der Waals surface area contributed by atoms with Crippen molar-refractivity contribution < 1.29 is 4.79 Å². The number of carbonyl (C=O) groups excluding carboxylic acids is 1. The number of benzene rings is 3. The van der Waals surface area contributed by atoms with Crippen molar-refractivity contribution in [2.24, 2.45) is 5.10 Å². The lowest BCUT2D eigenvalue weighted by Gasteiger charge is -2.20. The van der Waals surface area contributed by atoms with Gasteiger partial charge in [0, 0.05) is 24.3 Å². The van der Waals surface area contributed by atoms with Crippen molar-refractivity contribution in [1.82, 2.24) is 5.43 Å². The summed E-state index contributed by atoms with van der Waals surface area (Å²) in [5.41, 5.74) is 6.14. The topological polar surface area (TPSA) is 44.7 Å². The van der Waals surface area contributed by atoms with Crippen LogP contribution in [0.15, 0.2) is 71.8 Å². The fourth-order valence-corrected chi connectivity index (χ4v) is 3.09. The fourth-order valence-electron chi connectivity index (χ4n) is 3.09. The summed E-state index contributed by atoms with van der Waals surface area (Å²) in [6.45, 7) is 8.02. The van der Waals surface area contributed by atoms with Crippen LogP contribution >= 0.6 is 0 Å². The minimum atomic E-state index is -0.207. The lowest BCUT2D eigenvalue weighted by Crippen LogP contribution is -2.22. The van der Waals surface area contributed by atoms with Crippen LogP contribution in [-0.4, -0.2) is 24.7 Å². The Hall–Kier alpha value is -3.14. The molecule has 4 heteroatoms. The van der Waals surface area contributed by atoms with E-state index in [1.54, 1.807) is 0 Å². The maximum Gasteiger partial charge on any atom is 0.271 e. The Morgan fingerprint density at radius 3 is 2.19 bits per heavy atom. The smallest absolute Gasteiger partial charge is 0.271 e. The van der Waals surface area contributed by atoms with Crippen LogP contribution in [0.25, 0.3) is 10.8 Å². The summed E-state index contributed by atoms with van der Waals surface area (Å²) < 4.78 is 0. The van der Waals surface area contributed by atoms with Crippen molar-refractivity contribution in [1.29, 1.82) is 0 Å². The van der Waals surface area contributed by atoms with Crippen molar-refractivity contribution in [2.45, 2.75) is 20.8 Å². The van der Waals surface area contributed by atoms with Crippen LogP contribution in [0.5, 0.6) is 0 Å². The van der Waals surface area contributed by atoms with E-state index in [0.717, 1.165) is 35.4 Å². The highest BCUT2D eigenvalue weighted by Gasteiger charge is 2.07. The van der Waals surface area contributed by atoms with Gasteiger partial charge in [-0.3, -0.25) is 4.79 Å². The molecule has 0 aromatic heterocycles. The minimum absolute atomic E-state index is 0.207. The molecule has 138 valence electrons. The molecule has 0 saturated heterocycles. The summed E-state index contributed by atoms with van der Waals surface area (Å²) in [5, 5.41) is 6.62. The first kappa shape index (κ1) is 18.6. The fraction of sp³-hybridized carbons (Fsp3) is 0.217. The van der Waals surface area contributed by atoms with E-state index < -0.39 is 0 Å². The summed E-state index contributed by atoms with van der Waals surface area (Å²) in [6.07, 6.45) is 0. The van der Waals surface area contributed by atoms with Crippen molar-refractivity contribution in [3.8, 4) is 0 Å². The van der Waals surface area contributed by atoms with Crippen LogP contribution in [-0.2, 0) is 0 Å². The molecule has 0 spiro atoms. The van der Waals surface area contributed by atoms with Crippen LogP contribution in [0.4, 0.5) is 5.69 Å². The zero-order valence-electron chi connectivity index (χ0n) is 16.1. The number of rotatable bonds is 6. The average Bonchev–Trinajstić information content (AvgIpc) is 2.72. The van der Waals surface area contributed by atoms with Gasteiger partial charge in [0.1, 0.15) is 0 Å². The average molecular weight is 359 g/mol. The van der Waals surface area contributed by atoms with E-state index in [9.17, 15) is 4.79 Å². The van der Waals surface area contributed by atoms with E-state index in [1.165, 1.54) is 5.39 Å². The summed E-state index contributed by atoms with van der Waals surface area (Å²) in [5.74, 6) is -0.207. The van der Waals surface area contributed by atoms with Crippen LogP contribution < -0.4 is 10.3 Å². The van der Waals surface area contributed by atoms with Gasteiger partial charge < -0.3 is 4.90 Å². The molecule has 0 atom stereocenters. The molecule has 0 aliphatic carbocycles. The van der Waals surface area contributed by atoms with Crippen molar-refractivity contribution >= 4 is 28.1 Å². The Morgan fingerprint density at radius 1 is 0.889 bits per heavy atom. The number of anilines is 1. The summed E-state index contributed by atoms with van der Waals surface area (Å²) >= 11 is 0. The third kappa shape index (κ3) is 4.34. The second-order valence-corrected chi connectivity index (χ2v) is 6.42. The first-order valence-electron chi connectivity index (χ1n) is 9.31. The number of nitrogens with one attached hydrogen (secondary N) is 1. The standard InChI is InChI=1S/C23H25N3O/c1-4-26(5-2)22-14-12-19(13-15-22)23(27)25-24-17(3)20-11-10-18-8-6-7-9-21(18)16-20/h6-16H,4-5H2,1-3H3,(H,25,27)/b24-17-. The summed E-state index contributed by atoms with van der Waals surface area (Å²) in [6, 6.07) is 22.0. The maximum atomic E-state index is 12.4. The third-order valence-electron chi connectivity index (χ3n) is 4.75. The highest BCUT2D eigenvalue weighted by molar-refractivity contribution is 6.03. The molecule has 4 nitrogen and oxygen atoms in total. The number of nitrogens with zero attached hydrogens (tertiary/aromatic N) is 2. The van der Waals surface area contributed by atoms with Gasteiger partial charge in [-0.05, 0) is 67.4 Å². The SMILES string of the molecule is CCN(CC)c1ccc(C(=O)N/N=C(/C)c2ccc3ccccc3c2)cc1. The van der Waals surface area contributed by atoms with Gasteiger partial charge in [0.05, 0.1) is 5.71 Å². The van der Waals surface area contributed by atoms with E-state index in [4.69, 9.17) is 0 Å². The van der Waals surface area contributed by atoms with E-state index in [-0.39, 0.29) is 5.91 Å². The Morgan fingerprint density at radius 2 is 1.52 bits per heavy atom. The number of hydrogen-bond donors (Lipinski definition) is 1. The Bertz CT molecular complexity index is 957. The van der Waals surface area contributed by atoms with E-state index in [0.29, 0.717) is 5.56 Å². The first-order valence-corrected chi connectivity index (χ1v) is 9.31. The number of carbonyl (C=O) groups is 1. The molecular weight excluding hydrogens is 334 g/mol. The molecule has 3 aromatic rings. The zero-order valence-corrected chi connectivity index (χ0v) is 16.1. The summed E-state index contributed by atoms with van der Waals surface area (Å²) in [4.78, 5) is 14.6. The first-order chi connectivity index (χ1) is 13.1. The van der Waals surface area contributed by atoms with Crippen LogP contribution in [0.1, 0.15) is 36.7 Å². The second-order valence-electron chi connectivity index (χ2n) is 6.42. The van der Waals surface area contributed by atoms with Crippen molar-refractivity contribution in [3.63, 3.8) is 0 Å². The Kier molecular flexibility index (Phi) is 5.87. The largest absolute Gasteiger partial charge is 0.372 e. The van der Waals surface area contributed by atoms with E-state index in [2.05, 4.69) is 53.5 Å². The lowest BCUT2D eigenvalue weighted by atomic mass is 10.0. The predicted molar refractivity (Wildman–Crippen MR) is 114 cm³/mol. The molecule has 0 unspecified atom stereocenters. The molecule has 0 bridgehead atoms. The van der Waals surface area contributed by atoms with E-state index in [1.807, 2.05) is 49.4 Å². The lowest BCUT2D eigenvalue weighted by molar-refractivity contribution is 0.0955. The molecule has 0 fully saturated rings. The van der Waals surface area contributed by atoms with Gasteiger partial charge in [0.15, 0.2) is 0 Å². The predicted octanol–water partition coefficient (Wildman–Crippen LogP) is 4.84. The number of hydrogen-bond acceptors (Lipinski definition) is 3. The summed E-state index contributed by atoms with van der Waals surface area (Å²) in [7, 11) is 0. The highest BCUT2D eigenvalue weighted by Crippen LogP contribution is 2.17. The van der Waals surface area contributed by atoms with Gasteiger partial charge in [0.2, 0.25) is 0 Å². The molecule has 0 saturated carbocycles.